The lowest BCUT2D eigenvalue weighted by Gasteiger charge is -2.46. The summed E-state index contributed by atoms with van der Waals surface area (Å²) in [7, 11) is -3.74. The standard InChI is InChI=1S/C42H63NO8S/c1-26(2)13-9-15-28(5)17-11-19-30(7)35-34(44)23-32(38(45)41(35)48)24-43-21-22-52(50,51)25-33-37(43)40(47)36(42(49)39(33)46)31(8)20-12-18-29(6)16-10-14-27(3)4/h9-12,15-20,23,26-29,33-37,40-42,44,47-49H,13-14,21-22,24-25H2,1-8H3/b15-9+,16-10+,17-11+,18-12+,30-19+,31-20+/t28?,29?,33-,34-,35-,36-,37-,40+,41+,42+/m0/s1. The fourth-order valence-corrected chi connectivity index (χ4v) is 8.95. The van der Waals surface area contributed by atoms with Gasteiger partial charge in [-0.1, -0.05) is 113 Å². The summed E-state index contributed by atoms with van der Waals surface area (Å²) in [4.78, 5) is 28.9. The van der Waals surface area contributed by atoms with Crippen molar-refractivity contribution in [3.8, 4) is 0 Å². The molecule has 4 N–H and O–H groups in total. The lowest BCUT2D eigenvalue weighted by molar-refractivity contribution is -0.150. The molecule has 3 rings (SSSR count). The minimum atomic E-state index is -3.74. The Balaban J connectivity index is 1.86. The molecule has 290 valence electrons. The lowest BCUT2D eigenvalue weighted by atomic mass is 9.70. The Kier molecular flexibility index (Phi) is 16.4. The van der Waals surface area contributed by atoms with Gasteiger partial charge in [0.1, 0.15) is 12.2 Å². The minimum Gasteiger partial charge on any atom is -0.391 e. The Hall–Kier alpha value is -2.73. The normalized spacial score (nSPS) is 32.4. The molecule has 3 aliphatic rings. The molecule has 2 unspecified atom stereocenters. The maximum Gasteiger partial charge on any atom is 0.189 e. The average Bonchev–Trinajstić information content (AvgIpc) is 3.17. The molecule has 10 atom stereocenters. The van der Waals surface area contributed by atoms with Crippen molar-refractivity contribution in [3.05, 3.63) is 83.6 Å². The molecular weight excluding hydrogens is 679 g/mol. The van der Waals surface area contributed by atoms with Crippen LogP contribution in [0.2, 0.25) is 0 Å². The molecule has 10 heteroatoms. The van der Waals surface area contributed by atoms with Crippen LogP contribution in [0.1, 0.15) is 68.2 Å². The molecule has 9 nitrogen and oxygen atoms in total. The number of fused-ring (bicyclic) bond motifs is 1. The molecule has 1 saturated heterocycles. The number of hydrogen-bond acceptors (Lipinski definition) is 9. The molecule has 0 aromatic heterocycles. The summed E-state index contributed by atoms with van der Waals surface area (Å²) in [5.41, 5.74) is 1.27. The summed E-state index contributed by atoms with van der Waals surface area (Å²) < 4.78 is 26.0. The highest BCUT2D eigenvalue weighted by Gasteiger charge is 2.54. The molecule has 2 fully saturated rings. The molecule has 0 radical (unpaired) electrons. The number of allylic oxidation sites excluding steroid dienone is 10. The van der Waals surface area contributed by atoms with Gasteiger partial charge in [-0.2, -0.15) is 0 Å². The third-order valence-electron chi connectivity index (χ3n) is 10.4. The van der Waals surface area contributed by atoms with Gasteiger partial charge < -0.3 is 20.4 Å². The van der Waals surface area contributed by atoms with Crippen LogP contribution in [0.4, 0.5) is 0 Å². The van der Waals surface area contributed by atoms with E-state index in [1.165, 1.54) is 6.08 Å². The van der Waals surface area contributed by atoms with Crippen LogP contribution in [0.5, 0.6) is 0 Å². The Morgan fingerprint density at radius 1 is 0.808 bits per heavy atom. The SMILES string of the molecule is C/C(=C\C=C\C(C)/C=C/CC(C)C)[C@H]1[C@@H](O)[C@@H]2[C@H](CS(=O)(=O)CCN2CC2=C[C@H](O)[C@H](/C(C)=C/C=C/C(C)/C=C/CC(C)C)[C@@H](O)C2=O)C(=O)[C@@H]1O. The highest BCUT2D eigenvalue weighted by molar-refractivity contribution is 7.91. The van der Waals surface area contributed by atoms with E-state index >= 15 is 0 Å². The number of nitrogens with zero attached hydrogens (tertiary/aromatic N) is 1. The van der Waals surface area contributed by atoms with Crippen molar-refractivity contribution >= 4 is 21.4 Å². The highest BCUT2D eigenvalue weighted by Crippen LogP contribution is 2.38. The van der Waals surface area contributed by atoms with E-state index in [-0.39, 0.29) is 36.3 Å². The summed E-state index contributed by atoms with van der Waals surface area (Å²) in [5.74, 6) is -3.75. The third kappa shape index (κ3) is 11.9. The number of ketones is 2. The second-order valence-corrected chi connectivity index (χ2v) is 18.2. The number of hydrogen-bond donors (Lipinski definition) is 4. The Bertz CT molecular complexity index is 1560. The van der Waals surface area contributed by atoms with E-state index in [0.717, 1.165) is 12.8 Å². The van der Waals surface area contributed by atoms with Gasteiger partial charge in [0.15, 0.2) is 21.4 Å². The smallest absolute Gasteiger partial charge is 0.189 e. The zero-order valence-corrected chi connectivity index (χ0v) is 33.1. The number of carbonyl (C=O) groups excluding carboxylic acids is 2. The van der Waals surface area contributed by atoms with Gasteiger partial charge in [-0.05, 0) is 56.4 Å². The Labute approximate surface area is 312 Å². The maximum atomic E-state index is 13.7. The summed E-state index contributed by atoms with van der Waals surface area (Å²) >= 11 is 0. The van der Waals surface area contributed by atoms with Crippen LogP contribution in [0.25, 0.3) is 0 Å². The van der Waals surface area contributed by atoms with Crippen LogP contribution in [-0.2, 0) is 19.4 Å². The zero-order valence-electron chi connectivity index (χ0n) is 32.3. The predicted molar refractivity (Wildman–Crippen MR) is 208 cm³/mol. The maximum absolute atomic E-state index is 13.7. The second-order valence-electron chi connectivity index (χ2n) is 16.0. The molecule has 52 heavy (non-hydrogen) atoms. The fraction of sp³-hybridized carbons (Fsp3) is 0.619. The third-order valence-corrected chi connectivity index (χ3v) is 12.1. The first kappa shape index (κ1) is 43.7. The first-order valence-electron chi connectivity index (χ1n) is 18.8. The van der Waals surface area contributed by atoms with Crippen LogP contribution in [0, 0.1) is 41.4 Å². The number of rotatable bonds is 14. The molecular formula is C42H63NO8S. The number of carbonyl (C=O) groups is 2. The van der Waals surface area contributed by atoms with E-state index < -0.39 is 75.4 Å². The van der Waals surface area contributed by atoms with E-state index in [2.05, 4.69) is 58.9 Å². The van der Waals surface area contributed by atoms with Crippen molar-refractivity contribution in [2.24, 2.45) is 41.4 Å². The number of Topliss-reactive ketones (excluding diaryl/α,β-unsaturated/α-hetero) is 2. The first-order valence-corrected chi connectivity index (χ1v) is 20.6. The molecule has 0 bridgehead atoms. The molecule has 1 aliphatic heterocycles. The van der Waals surface area contributed by atoms with Gasteiger partial charge in [0.2, 0.25) is 0 Å². The Morgan fingerprint density at radius 3 is 1.85 bits per heavy atom. The van der Waals surface area contributed by atoms with Crippen LogP contribution in [-0.4, -0.2) is 100 Å². The van der Waals surface area contributed by atoms with Crippen molar-refractivity contribution in [2.45, 2.75) is 98.7 Å². The summed E-state index contributed by atoms with van der Waals surface area (Å²) in [6.07, 6.45) is 17.3. The van der Waals surface area contributed by atoms with E-state index in [9.17, 15) is 38.4 Å². The predicted octanol–water partition coefficient (Wildman–Crippen LogP) is 4.95. The fourth-order valence-electron chi connectivity index (χ4n) is 7.36. The topological polar surface area (TPSA) is 152 Å². The molecule has 1 saturated carbocycles. The van der Waals surface area contributed by atoms with Crippen molar-refractivity contribution < 1.29 is 38.4 Å². The van der Waals surface area contributed by atoms with Gasteiger partial charge in [0, 0.05) is 36.5 Å². The van der Waals surface area contributed by atoms with E-state index in [1.807, 2.05) is 31.2 Å². The molecule has 1 heterocycles. The number of aliphatic hydroxyl groups is 4. The van der Waals surface area contributed by atoms with E-state index in [4.69, 9.17) is 0 Å². The van der Waals surface area contributed by atoms with E-state index in [0.29, 0.717) is 23.0 Å². The number of aliphatic hydroxyl groups excluding tert-OH is 4. The summed E-state index contributed by atoms with van der Waals surface area (Å²) in [6, 6.07) is -1.02. The molecule has 0 amide bonds. The van der Waals surface area contributed by atoms with Crippen molar-refractivity contribution in [3.63, 3.8) is 0 Å². The van der Waals surface area contributed by atoms with Crippen LogP contribution in [0.15, 0.2) is 83.6 Å². The van der Waals surface area contributed by atoms with E-state index in [1.54, 1.807) is 30.9 Å². The van der Waals surface area contributed by atoms with Crippen LogP contribution in [0.3, 0.4) is 0 Å². The quantitative estimate of drug-likeness (QED) is 0.143. The van der Waals surface area contributed by atoms with Gasteiger partial charge in [0.05, 0.1) is 29.6 Å². The van der Waals surface area contributed by atoms with Crippen LogP contribution < -0.4 is 0 Å². The lowest BCUT2D eigenvalue weighted by Crippen LogP contribution is -2.63. The van der Waals surface area contributed by atoms with Gasteiger partial charge in [-0.25, -0.2) is 8.42 Å². The minimum absolute atomic E-state index is 0.0761. The largest absolute Gasteiger partial charge is 0.391 e. The summed E-state index contributed by atoms with van der Waals surface area (Å²) in [5, 5.41) is 45.3. The van der Waals surface area contributed by atoms with Crippen LogP contribution >= 0.6 is 0 Å². The zero-order chi connectivity index (χ0) is 38.9. The highest BCUT2D eigenvalue weighted by atomic mass is 32.2. The van der Waals surface area contributed by atoms with Gasteiger partial charge >= 0.3 is 0 Å². The first-order chi connectivity index (χ1) is 24.3. The second kappa shape index (κ2) is 19.6. The van der Waals surface area contributed by atoms with Crippen molar-refractivity contribution in [1.82, 2.24) is 4.90 Å². The van der Waals surface area contributed by atoms with Crippen molar-refractivity contribution in [1.29, 1.82) is 0 Å². The number of sulfone groups is 1. The summed E-state index contributed by atoms with van der Waals surface area (Å²) in [6.45, 7) is 15.9. The Morgan fingerprint density at radius 2 is 1.33 bits per heavy atom. The molecule has 0 spiro atoms. The van der Waals surface area contributed by atoms with Gasteiger partial charge in [-0.15, -0.1) is 0 Å². The monoisotopic (exact) mass is 741 g/mol. The molecule has 2 aliphatic carbocycles. The average molecular weight is 742 g/mol. The molecule has 0 aromatic carbocycles. The van der Waals surface area contributed by atoms with Gasteiger partial charge in [-0.3, -0.25) is 14.5 Å². The van der Waals surface area contributed by atoms with Gasteiger partial charge in [0.25, 0.3) is 0 Å². The molecule has 0 aromatic rings. The van der Waals surface area contributed by atoms with Crippen molar-refractivity contribution in [2.75, 3.05) is 24.6 Å².